The van der Waals surface area contributed by atoms with Gasteiger partial charge in [0.2, 0.25) is 0 Å². The molecule has 1 atom stereocenters. The molecule has 0 aliphatic carbocycles. The first kappa shape index (κ1) is 21.7. The highest BCUT2D eigenvalue weighted by Crippen LogP contribution is 2.15. The molecule has 0 heterocycles. The maximum atomic E-state index is 11.0. The van der Waals surface area contributed by atoms with Crippen molar-refractivity contribution in [1.82, 2.24) is 10.6 Å². The Bertz CT molecular complexity index is 333. The van der Waals surface area contributed by atoms with E-state index in [1.54, 1.807) is 0 Å². The number of guanidine groups is 1. The predicted octanol–water partition coefficient (Wildman–Crippen LogP) is 1.93. The summed E-state index contributed by atoms with van der Waals surface area (Å²) in [7, 11) is 1.41. The summed E-state index contributed by atoms with van der Waals surface area (Å²) in [6, 6.07) is 0. The maximum absolute atomic E-state index is 11.0. The summed E-state index contributed by atoms with van der Waals surface area (Å²) in [5.74, 6) is 1.66. The van der Waals surface area contributed by atoms with Crippen LogP contribution in [0.15, 0.2) is 4.99 Å². The fourth-order valence-corrected chi connectivity index (χ4v) is 2.40. The number of unbranched alkanes of at least 4 members (excludes halogenated alkanes) is 1. The topological polar surface area (TPSA) is 83.0 Å². The molecule has 0 aromatic carbocycles. The highest BCUT2D eigenvalue weighted by atomic mass is 16.5. The lowest BCUT2D eigenvalue weighted by molar-refractivity contribution is -0.140. The molecule has 0 aromatic rings. The molecule has 0 amide bonds. The summed E-state index contributed by atoms with van der Waals surface area (Å²) in [5, 5.41) is 15.7. The van der Waals surface area contributed by atoms with Crippen LogP contribution in [0.3, 0.4) is 0 Å². The van der Waals surface area contributed by atoms with Gasteiger partial charge in [0.1, 0.15) is 0 Å². The van der Waals surface area contributed by atoms with E-state index in [-0.39, 0.29) is 12.6 Å². The molecule has 0 aliphatic rings. The Morgan fingerprint density at radius 2 is 2.00 bits per heavy atom. The predicted molar refractivity (Wildman–Crippen MR) is 94.5 cm³/mol. The van der Waals surface area contributed by atoms with Gasteiger partial charge in [-0.25, -0.2) is 0 Å². The van der Waals surface area contributed by atoms with Crippen LogP contribution in [-0.2, 0) is 9.53 Å². The molecule has 3 N–H and O–H groups in total. The van der Waals surface area contributed by atoms with Gasteiger partial charge in [-0.2, -0.15) is 0 Å². The van der Waals surface area contributed by atoms with E-state index in [1.807, 2.05) is 6.92 Å². The van der Waals surface area contributed by atoms with Gasteiger partial charge in [-0.3, -0.25) is 9.79 Å². The SMILES string of the molecule is CCNC(=NCC(CCO)CC(C)C)NCCCCC(=O)OC. The van der Waals surface area contributed by atoms with Crippen LogP contribution < -0.4 is 10.6 Å². The molecule has 0 rings (SSSR count). The summed E-state index contributed by atoms with van der Waals surface area (Å²) in [4.78, 5) is 15.7. The number of aliphatic hydroxyl groups is 1. The highest BCUT2D eigenvalue weighted by molar-refractivity contribution is 5.79. The van der Waals surface area contributed by atoms with Crippen molar-refractivity contribution in [2.45, 2.75) is 52.9 Å². The van der Waals surface area contributed by atoms with Crippen molar-refractivity contribution < 1.29 is 14.6 Å². The third kappa shape index (κ3) is 12.9. The van der Waals surface area contributed by atoms with Gasteiger partial charge in [0.15, 0.2) is 5.96 Å². The number of nitrogens with zero attached hydrogens (tertiary/aromatic N) is 1. The molecular weight excluding hydrogens is 294 g/mol. The van der Waals surface area contributed by atoms with Crippen LogP contribution in [0.1, 0.15) is 52.9 Å². The molecule has 6 heteroatoms. The zero-order valence-corrected chi connectivity index (χ0v) is 15.2. The molecule has 23 heavy (non-hydrogen) atoms. The Morgan fingerprint density at radius 1 is 1.26 bits per heavy atom. The number of hydrogen-bond acceptors (Lipinski definition) is 4. The fraction of sp³-hybridized carbons (Fsp3) is 0.882. The molecule has 0 aromatic heterocycles. The smallest absolute Gasteiger partial charge is 0.305 e. The minimum Gasteiger partial charge on any atom is -0.469 e. The minimum atomic E-state index is -0.161. The van der Waals surface area contributed by atoms with Crippen LogP contribution in [0.5, 0.6) is 0 Å². The van der Waals surface area contributed by atoms with Crippen molar-refractivity contribution in [3.05, 3.63) is 0 Å². The van der Waals surface area contributed by atoms with Crippen molar-refractivity contribution in [3.63, 3.8) is 0 Å². The number of esters is 1. The molecular formula is C17H35N3O3. The minimum absolute atomic E-state index is 0.161. The van der Waals surface area contributed by atoms with E-state index in [0.717, 1.165) is 51.3 Å². The molecule has 136 valence electrons. The van der Waals surface area contributed by atoms with E-state index in [4.69, 9.17) is 5.11 Å². The van der Waals surface area contributed by atoms with Gasteiger partial charge in [0.05, 0.1) is 7.11 Å². The van der Waals surface area contributed by atoms with Crippen molar-refractivity contribution in [3.8, 4) is 0 Å². The molecule has 0 fully saturated rings. The van der Waals surface area contributed by atoms with Gasteiger partial charge < -0.3 is 20.5 Å². The number of ether oxygens (including phenoxy) is 1. The van der Waals surface area contributed by atoms with Gasteiger partial charge >= 0.3 is 5.97 Å². The van der Waals surface area contributed by atoms with E-state index in [2.05, 4.69) is 34.2 Å². The molecule has 1 unspecified atom stereocenters. The largest absolute Gasteiger partial charge is 0.469 e. The van der Waals surface area contributed by atoms with E-state index in [9.17, 15) is 4.79 Å². The second-order valence-corrected chi connectivity index (χ2v) is 6.19. The second-order valence-electron chi connectivity index (χ2n) is 6.19. The van der Waals surface area contributed by atoms with Crippen molar-refractivity contribution in [1.29, 1.82) is 0 Å². The number of carbonyl (C=O) groups excluding carboxylic acids is 1. The van der Waals surface area contributed by atoms with E-state index >= 15 is 0 Å². The van der Waals surface area contributed by atoms with Crippen LogP contribution in [0.25, 0.3) is 0 Å². The summed E-state index contributed by atoms with van der Waals surface area (Å²) in [5.41, 5.74) is 0. The zero-order valence-electron chi connectivity index (χ0n) is 15.2. The van der Waals surface area contributed by atoms with Gasteiger partial charge in [-0.05, 0) is 44.4 Å². The summed E-state index contributed by atoms with van der Waals surface area (Å²) in [6.45, 7) is 8.94. The van der Waals surface area contributed by atoms with Gasteiger partial charge in [0.25, 0.3) is 0 Å². The standard InChI is InChI=1S/C17H35N3O3/c1-5-18-17(19-10-7-6-8-16(22)23-4)20-13-15(9-11-21)12-14(2)3/h14-15,21H,5-13H2,1-4H3,(H2,18,19,20). The average Bonchev–Trinajstić information content (AvgIpc) is 2.51. The lowest BCUT2D eigenvalue weighted by Crippen LogP contribution is -2.38. The zero-order chi connectivity index (χ0) is 17.5. The van der Waals surface area contributed by atoms with Crippen LogP contribution >= 0.6 is 0 Å². The summed E-state index contributed by atoms with van der Waals surface area (Å²) in [6.07, 6.45) is 4.02. The molecule has 0 aliphatic heterocycles. The Balaban J connectivity index is 4.21. The summed E-state index contributed by atoms with van der Waals surface area (Å²) < 4.78 is 4.62. The Labute approximate surface area is 141 Å². The summed E-state index contributed by atoms with van der Waals surface area (Å²) >= 11 is 0. The van der Waals surface area contributed by atoms with E-state index in [1.165, 1.54) is 7.11 Å². The van der Waals surface area contributed by atoms with E-state index in [0.29, 0.717) is 18.3 Å². The first-order valence-corrected chi connectivity index (χ1v) is 8.73. The number of methoxy groups -OCH3 is 1. The second kappa shape index (κ2) is 14.3. The third-order valence-electron chi connectivity index (χ3n) is 3.52. The number of carbonyl (C=O) groups is 1. The Hall–Kier alpha value is -1.30. The normalized spacial score (nSPS) is 13.0. The number of nitrogens with one attached hydrogen (secondary N) is 2. The monoisotopic (exact) mass is 329 g/mol. The first-order chi connectivity index (χ1) is 11.0. The number of aliphatic imine (C=N–C) groups is 1. The van der Waals surface area contributed by atoms with Gasteiger partial charge in [0, 0.05) is 32.7 Å². The molecule has 0 saturated carbocycles. The van der Waals surface area contributed by atoms with Crippen LogP contribution in [-0.4, -0.2) is 50.4 Å². The fourth-order valence-electron chi connectivity index (χ4n) is 2.40. The quantitative estimate of drug-likeness (QED) is 0.221. The Morgan fingerprint density at radius 3 is 2.57 bits per heavy atom. The lowest BCUT2D eigenvalue weighted by atomic mass is 9.94. The molecule has 0 bridgehead atoms. The highest BCUT2D eigenvalue weighted by Gasteiger charge is 2.10. The third-order valence-corrected chi connectivity index (χ3v) is 3.52. The van der Waals surface area contributed by atoms with Crippen molar-refractivity contribution in [2.24, 2.45) is 16.8 Å². The van der Waals surface area contributed by atoms with Gasteiger partial charge in [-0.15, -0.1) is 0 Å². The number of rotatable bonds is 12. The van der Waals surface area contributed by atoms with Crippen molar-refractivity contribution in [2.75, 3.05) is 33.4 Å². The van der Waals surface area contributed by atoms with Crippen LogP contribution in [0.4, 0.5) is 0 Å². The van der Waals surface area contributed by atoms with Crippen LogP contribution in [0.2, 0.25) is 0 Å². The van der Waals surface area contributed by atoms with Crippen molar-refractivity contribution >= 4 is 11.9 Å². The maximum Gasteiger partial charge on any atom is 0.305 e. The first-order valence-electron chi connectivity index (χ1n) is 8.73. The van der Waals surface area contributed by atoms with Crippen LogP contribution in [0, 0.1) is 11.8 Å². The Kier molecular flexibility index (Phi) is 13.5. The molecule has 0 saturated heterocycles. The number of hydrogen-bond donors (Lipinski definition) is 3. The van der Waals surface area contributed by atoms with Gasteiger partial charge in [-0.1, -0.05) is 13.8 Å². The average molecular weight is 329 g/mol. The molecule has 6 nitrogen and oxygen atoms in total. The lowest BCUT2D eigenvalue weighted by Gasteiger charge is -2.17. The molecule has 0 radical (unpaired) electrons. The molecule has 0 spiro atoms. The van der Waals surface area contributed by atoms with E-state index < -0.39 is 0 Å². The number of aliphatic hydroxyl groups excluding tert-OH is 1.